The van der Waals surface area contributed by atoms with Gasteiger partial charge in [-0.1, -0.05) is 56.3 Å². The maximum Gasteiger partial charge on any atom is 0.0745 e. The molecule has 0 aliphatic rings. The van der Waals surface area contributed by atoms with Gasteiger partial charge in [-0.2, -0.15) is 0 Å². The van der Waals surface area contributed by atoms with E-state index >= 15 is 0 Å². The number of aliphatic hydroxyl groups is 1. The first-order valence-electron chi connectivity index (χ1n) is 6.73. The number of rotatable bonds is 5. The zero-order chi connectivity index (χ0) is 13.7. The van der Waals surface area contributed by atoms with Crippen molar-refractivity contribution in [1.82, 2.24) is 0 Å². The van der Waals surface area contributed by atoms with Gasteiger partial charge in [0.15, 0.2) is 0 Å². The van der Waals surface area contributed by atoms with Crippen LogP contribution in [0, 0.1) is 0 Å². The second kappa shape index (κ2) is 6.39. The molecule has 0 aromatic heterocycles. The van der Waals surface area contributed by atoms with E-state index in [2.05, 4.69) is 43.4 Å². The van der Waals surface area contributed by atoms with Crippen LogP contribution in [0.2, 0.25) is 0 Å². The van der Waals surface area contributed by atoms with Gasteiger partial charge in [0.05, 0.1) is 12.6 Å². The SMILES string of the molecule is CC(C)c1ccc(NC(CO)c2ccccc2)cc1. The first-order chi connectivity index (χ1) is 9.20. The van der Waals surface area contributed by atoms with E-state index in [0.29, 0.717) is 5.92 Å². The highest BCUT2D eigenvalue weighted by Crippen LogP contribution is 2.21. The van der Waals surface area contributed by atoms with E-state index in [9.17, 15) is 5.11 Å². The molecule has 0 saturated carbocycles. The van der Waals surface area contributed by atoms with Gasteiger partial charge in [0, 0.05) is 5.69 Å². The third-order valence-electron chi connectivity index (χ3n) is 3.30. The zero-order valence-electron chi connectivity index (χ0n) is 11.5. The lowest BCUT2D eigenvalue weighted by atomic mass is 10.0. The maximum atomic E-state index is 9.52. The van der Waals surface area contributed by atoms with Crippen molar-refractivity contribution in [3.05, 3.63) is 65.7 Å². The first-order valence-corrected chi connectivity index (χ1v) is 6.73. The molecule has 2 heteroatoms. The predicted molar refractivity (Wildman–Crippen MR) is 80.4 cm³/mol. The fourth-order valence-electron chi connectivity index (χ4n) is 2.09. The highest BCUT2D eigenvalue weighted by atomic mass is 16.3. The quantitative estimate of drug-likeness (QED) is 0.847. The van der Waals surface area contributed by atoms with Crippen LogP contribution in [0.1, 0.15) is 36.9 Å². The van der Waals surface area contributed by atoms with E-state index in [0.717, 1.165) is 11.3 Å². The van der Waals surface area contributed by atoms with Crippen LogP contribution in [0.25, 0.3) is 0 Å². The van der Waals surface area contributed by atoms with E-state index in [1.165, 1.54) is 5.56 Å². The zero-order valence-corrected chi connectivity index (χ0v) is 11.5. The van der Waals surface area contributed by atoms with E-state index in [1.807, 2.05) is 30.3 Å². The lowest BCUT2D eigenvalue weighted by molar-refractivity contribution is 0.276. The van der Waals surface area contributed by atoms with Crippen molar-refractivity contribution < 1.29 is 5.11 Å². The van der Waals surface area contributed by atoms with Crippen molar-refractivity contribution in [2.45, 2.75) is 25.8 Å². The van der Waals surface area contributed by atoms with Gasteiger partial charge in [-0.3, -0.25) is 0 Å². The molecule has 2 aromatic rings. The van der Waals surface area contributed by atoms with Crippen molar-refractivity contribution >= 4 is 5.69 Å². The van der Waals surface area contributed by atoms with E-state index in [1.54, 1.807) is 0 Å². The van der Waals surface area contributed by atoms with E-state index in [4.69, 9.17) is 0 Å². The number of benzene rings is 2. The molecule has 2 aromatic carbocycles. The second-order valence-electron chi connectivity index (χ2n) is 5.07. The predicted octanol–water partition coefficient (Wildman–Crippen LogP) is 3.96. The van der Waals surface area contributed by atoms with Crippen LogP contribution in [0.3, 0.4) is 0 Å². The number of anilines is 1. The molecule has 0 aliphatic heterocycles. The van der Waals surface area contributed by atoms with Crippen molar-refractivity contribution in [3.63, 3.8) is 0 Å². The number of nitrogens with one attached hydrogen (secondary N) is 1. The molecule has 0 heterocycles. The molecular weight excluding hydrogens is 234 g/mol. The summed E-state index contributed by atoms with van der Waals surface area (Å²) in [6, 6.07) is 18.3. The van der Waals surface area contributed by atoms with Crippen molar-refractivity contribution in [2.75, 3.05) is 11.9 Å². The molecule has 0 bridgehead atoms. The Labute approximate surface area is 115 Å². The molecule has 2 rings (SSSR count). The van der Waals surface area contributed by atoms with Gasteiger partial charge in [0.25, 0.3) is 0 Å². The maximum absolute atomic E-state index is 9.52. The Morgan fingerprint density at radius 3 is 2.05 bits per heavy atom. The minimum atomic E-state index is -0.0638. The summed E-state index contributed by atoms with van der Waals surface area (Å²) in [5.41, 5.74) is 3.45. The Kier molecular flexibility index (Phi) is 4.58. The van der Waals surface area contributed by atoms with Gasteiger partial charge in [0.1, 0.15) is 0 Å². The molecular formula is C17H21NO. The molecule has 2 N–H and O–H groups in total. The number of hydrogen-bond acceptors (Lipinski definition) is 2. The number of hydrogen-bond donors (Lipinski definition) is 2. The Hall–Kier alpha value is -1.80. The van der Waals surface area contributed by atoms with Crippen LogP contribution in [-0.4, -0.2) is 11.7 Å². The smallest absolute Gasteiger partial charge is 0.0745 e. The van der Waals surface area contributed by atoms with Gasteiger partial charge in [-0.05, 0) is 29.2 Å². The monoisotopic (exact) mass is 255 g/mol. The van der Waals surface area contributed by atoms with Gasteiger partial charge >= 0.3 is 0 Å². The fourth-order valence-corrected chi connectivity index (χ4v) is 2.09. The normalized spacial score (nSPS) is 12.4. The van der Waals surface area contributed by atoms with Crippen LogP contribution in [0.4, 0.5) is 5.69 Å². The molecule has 0 saturated heterocycles. The summed E-state index contributed by atoms with van der Waals surface area (Å²) in [5, 5.41) is 12.9. The largest absolute Gasteiger partial charge is 0.394 e. The highest BCUT2D eigenvalue weighted by molar-refractivity contribution is 5.47. The average molecular weight is 255 g/mol. The van der Waals surface area contributed by atoms with Crippen molar-refractivity contribution in [1.29, 1.82) is 0 Å². The summed E-state index contributed by atoms with van der Waals surface area (Å²) in [7, 11) is 0. The second-order valence-corrected chi connectivity index (χ2v) is 5.07. The van der Waals surface area contributed by atoms with E-state index in [-0.39, 0.29) is 12.6 Å². The van der Waals surface area contributed by atoms with Crippen molar-refractivity contribution in [2.24, 2.45) is 0 Å². The van der Waals surface area contributed by atoms with Crippen LogP contribution in [0.15, 0.2) is 54.6 Å². The van der Waals surface area contributed by atoms with Gasteiger partial charge in [0.2, 0.25) is 0 Å². The Balaban J connectivity index is 2.10. The Bertz CT molecular complexity index is 490. The van der Waals surface area contributed by atoms with Crippen LogP contribution < -0.4 is 5.32 Å². The molecule has 19 heavy (non-hydrogen) atoms. The lowest BCUT2D eigenvalue weighted by Crippen LogP contribution is -2.14. The summed E-state index contributed by atoms with van der Waals surface area (Å²) in [6.45, 7) is 4.45. The molecule has 1 atom stereocenters. The minimum absolute atomic E-state index is 0.0638. The Morgan fingerprint density at radius 2 is 1.53 bits per heavy atom. The first kappa shape index (κ1) is 13.6. The number of aliphatic hydroxyl groups excluding tert-OH is 1. The summed E-state index contributed by atoms with van der Waals surface area (Å²) in [6.07, 6.45) is 0. The molecule has 0 radical (unpaired) electrons. The van der Waals surface area contributed by atoms with Crippen molar-refractivity contribution in [3.8, 4) is 0 Å². The summed E-state index contributed by atoms with van der Waals surface area (Å²) in [4.78, 5) is 0. The summed E-state index contributed by atoms with van der Waals surface area (Å²) in [5.74, 6) is 0.539. The third-order valence-corrected chi connectivity index (χ3v) is 3.30. The fraction of sp³-hybridized carbons (Fsp3) is 0.294. The topological polar surface area (TPSA) is 32.3 Å². The molecule has 0 fully saturated rings. The van der Waals surface area contributed by atoms with Crippen LogP contribution >= 0.6 is 0 Å². The summed E-state index contributed by atoms with van der Waals surface area (Å²) >= 11 is 0. The molecule has 0 spiro atoms. The minimum Gasteiger partial charge on any atom is -0.394 e. The average Bonchev–Trinajstić information content (AvgIpc) is 2.46. The Morgan fingerprint density at radius 1 is 0.895 bits per heavy atom. The third kappa shape index (κ3) is 3.58. The lowest BCUT2D eigenvalue weighted by Gasteiger charge is -2.18. The van der Waals surface area contributed by atoms with E-state index < -0.39 is 0 Å². The summed E-state index contributed by atoms with van der Waals surface area (Å²) < 4.78 is 0. The van der Waals surface area contributed by atoms with Gasteiger partial charge < -0.3 is 10.4 Å². The van der Waals surface area contributed by atoms with Crippen LogP contribution in [-0.2, 0) is 0 Å². The highest BCUT2D eigenvalue weighted by Gasteiger charge is 2.09. The molecule has 0 amide bonds. The van der Waals surface area contributed by atoms with Gasteiger partial charge in [-0.15, -0.1) is 0 Å². The van der Waals surface area contributed by atoms with Crippen LogP contribution in [0.5, 0.6) is 0 Å². The molecule has 1 unspecified atom stereocenters. The molecule has 100 valence electrons. The molecule has 0 aliphatic carbocycles. The standard InChI is InChI=1S/C17H21NO/c1-13(2)14-8-10-16(11-9-14)18-17(12-19)15-6-4-3-5-7-15/h3-11,13,17-19H,12H2,1-2H3. The molecule has 2 nitrogen and oxygen atoms in total. The van der Waals surface area contributed by atoms with Gasteiger partial charge in [-0.25, -0.2) is 0 Å².